The number of rotatable bonds is 7. The lowest BCUT2D eigenvalue weighted by atomic mass is 9.80. The van der Waals surface area contributed by atoms with Gasteiger partial charge in [-0.05, 0) is 24.7 Å². The van der Waals surface area contributed by atoms with E-state index in [4.69, 9.17) is 9.47 Å². The summed E-state index contributed by atoms with van der Waals surface area (Å²) in [6.45, 7) is 8.95. The van der Waals surface area contributed by atoms with E-state index in [9.17, 15) is 0 Å². The molecule has 0 saturated heterocycles. The van der Waals surface area contributed by atoms with Gasteiger partial charge in [0, 0.05) is 11.9 Å². The third-order valence-corrected chi connectivity index (χ3v) is 4.40. The van der Waals surface area contributed by atoms with Crippen LogP contribution in [0.15, 0.2) is 0 Å². The van der Waals surface area contributed by atoms with Crippen molar-refractivity contribution in [3.63, 3.8) is 0 Å². The number of hydrogen-bond donors (Lipinski definition) is 0. The van der Waals surface area contributed by atoms with Gasteiger partial charge in [0.1, 0.15) is 0 Å². The van der Waals surface area contributed by atoms with Crippen LogP contribution in [-0.4, -0.2) is 30.8 Å². The highest BCUT2D eigenvalue weighted by molar-refractivity contribution is 9.09. The van der Waals surface area contributed by atoms with Gasteiger partial charge in [-0.1, -0.05) is 49.5 Å². The molecule has 3 heteroatoms. The van der Waals surface area contributed by atoms with Crippen LogP contribution in [0.5, 0.6) is 0 Å². The van der Waals surface area contributed by atoms with Crippen LogP contribution in [0.25, 0.3) is 0 Å². The molecule has 102 valence electrons. The summed E-state index contributed by atoms with van der Waals surface area (Å²) >= 11 is 3.62. The zero-order chi connectivity index (χ0) is 12.7. The average Bonchev–Trinajstić information content (AvgIpc) is 2.28. The molecule has 0 radical (unpaired) electrons. The molecule has 1 aliphatic rings. The minimum atomic E-state index is 0.0683. The van der Waals surface area contributed by atoms with Crippen LogP contribution >= 0.6 is 15.9 Å². The molecule has 1 rings (SSSR count). The van der Waals surface area contributed by atoms with Gasteiger partial charge in [-0.3, -0.25) is 0 Å². The van der Waals surface area contributed by atoms with Crippen LogP contribution in [-0.2, 0) is 9.47 Å². The van der Waals surface area contributed by atoms with E-state index in [1.165, 1.54) is 25.7 Å². The normalized spacial score (nSPS) is 29.8. The SMILES string of the molecule is CC(C)COCCOC1(CBr)CCCC(C)C1. The zero-order valence-electron chi connectivity index (χ0n) is 11.5. The maximum atomic E-state index is 6.10. The predicted molar refractivity (Wildman–Crippen MR) is 75.8 cm³/mol. The summed E-state index contributed by atoms with van der Waals surface area (Å²) in [5, 5.41) is 0.953. The van der Waals surface area contributed by atoms with Gasteiger partial charge in [-0.2, -0.15) is 0 Å². The van der Waals surface area contributed by atoms with Crippen LogP contribution in [0.1, 0.15) is 46.5 Å². The van der Waals surface area contributed by atoms with Gasteiger partial charge >= 0.3 is 0 Å². The first-order chi connectivity index (χ1) is 8.08. The summed E-state index contributed by atoms with van der Waals surface area (Å²) < 4.78 is 11.7. The second-order valence-corrected chi connectivity index (χ2v) is 6.40. The topological polar surface area (TPSA) is 18.5 Å². The fourth-order valence-corrected chi connectivity index (χ4v) is 3.21. The molecule has 2 nitrogen and oxygen atoms in total. The molecule has 1 aliphatic carbocycles. The lowest BCUT2D eigenvalue weighted by molar-refractivity contribution is -0.0827. The van der Waals surface area contributed by atoms with Crippen molar-refractivity contribution in [2.24, 2.45) is 11.8 Å². The molecule has 0 bridgehead atoms. The highest BCUT2D eigenvalue weighted by atomic mass is 79.9. The maximum absolute atomic E-state index is 6.10. The van der Waals surface area contributed by atoms with Crippen molar-refractivity contribution in [1.82, 2.24) is 0 Å². The number of hydrogen-bond acceptors (Lipinski definition) is 2. The van der Waals surface area contributed by atoms with Crippen molar-refractivity contribution in [3.8, 4) is 0 Å². The molecule has 0 aliphatic heterocycles. The van der Waals surface area contributed by atoms with Crippen molar-refractivity contribution in [2.45, 2.75) is 52.1 Å². The summed E-state index contributed by atoms with van der Waals surface area (Å²) in [5.41, 5.74) is 0.0683. The molecule has 1 saturated carbocycles. The first kappa shape index (κ1) is 15.5. The summed E-state index contributed by atoms with van der Waals surface area (Å²) in [6, 6.07) is 0. The Labute approximate surface area is 115 Å². The Bertz CT molecular complexity index is 208. The maximum Gasteiger partial charge on any atom is 0.0782 e. The van der Waals surface area contributed by atoms with E-state index in [-0.39, 0.29) is 5.60 Å². The number of halogens is 1. The minimum absolute atomic E-state index is 0.0683. The Hall–Kier alpha value is 0.400. The third-order valence-electron chi connectivity index (χ3n) is 3.38. The molecule has 0 aromatic rings. The predicted octanol–water partition coefficient (Wildman–Crippen LogP) is 4.02. The Kier molecular flexibility index (Phi) is 7.05. The highest BCUT2D eigenvalue weighted by Crippen LogP contribution is 2.36. The van der Waals surface area contributed by atoms with Gasteiger partial charge in [-0.25, -0.2) is 0 Å². The molecule has 0 N–H and O–H groups in total. The van der Waals surface area contributed by atoms with Crippen LogP contribution < -0.4 is 0 Å². The summed E-state index contributed by atoms with van der Waals surface area (Å²) in [6.07, 6.45) is 5.01. The first-order valence-corrected chi connectivity index (χ1v) is 7.98. The standard InChI is InChI=1S/C14H27BrO2/c1-12(2)10-16-7-8-17-14(11-15)6-4-5-13(3)9-14/h12-13H,4-11H2,1-3H3. The Morgan fingerprint density at radius 1 is 1.35 bits per heavy atom. The van der Waals surface area contributed by atoms with Gasteiger partial charge in [0.2, 0.25) is 0 Å². The smallest absolute Gasteiger partial charge is 0.0782 e. The van der Waals surface area contributed by atoms with Crippen LogP contribution in [0, 0.1) is 11.8 Å². The second kappa shape index (κ2) is 7.75. The molecular weight excluding hydrogens is 280 g/mol. The molecule has 0 amide bonds. The van der Waals surface area contributed by atoms with Gasteiger partial charge in [-0.15, -0.1) is 0 Å². The van der Waals surface area contributed by atoms with Crippen molar-refractivity contribution in [2.75, 3.05) is 25.2 Å². The summed E-state index contributed by atoms with van der Waals surface area (Å²) in [4.78, 5) is 0. The number of ether oxygens (including phenoxy) is 2. The monoisotopic (exact) mass is 306 g/mol. The van der Waals surface area contributed by atoms with E-state index in [1.54, 1.807) is 0 Å². The van der Waals surface area contributed by atoms with Crippen LogP contribution in [0.3, 0.4) is 0 Å². The molecular formula is C14H27BrO2. The molecule has 0 spiro atoms. The quantitative estimate of drug-likeness (QED) is 0.522. The van der Waals surface area contributed by atoms with E-state index in [2.05, 4.69) is 36.7 Å². The molecule has 2 atom stereocenters. The third kappa shape index (κ3) is 5.71. The van der Waals surface area contributed by atoms with Crippen molar-refractivity contribution in [1.29, 1.82) is 0 Å². The molecule has 0 heterocycles. The van der Waals surface area contributed by atoms with Crippen molar-refractivity contribution < 1.29 is 9.47 Å². The minimum Gasteiger partial charge on any atom is -0.379 e. The largest absolute Gasteiger partial charge is 0.379 e. The lowest BCUT2D eigenvalue weighted by Gasteiger charge is -2.38. The fraction of sp³-hybridized carbons (Fsp3) is 1.00. The van der Waals surface area contributed by atoms with E-state index < -0.39 is 0 Å². The molecule has 1 fully saturated rings. The van der Waals surface area contributed by atoms with E-state index >= 15 is 0 Å². The van der Waals surface area contributed by atoms with E-state index in [0.29, 0.717) is 5.92 Å². The van der Waals surface area contributed by atoms with Gasteiger partial charge < -0.3 is 9.47 Å². The van der Waals surface area contributed by atoms with Gasteiger partial charge in [0.25, 0.3) is 0 Å². The van der Waals surface area contributed by atoms with Crippen LogP contribution in [0.4, 0.5) is 0 Å². The van der Waals surface area contributed by atoms with Crippen molar-refractivity contribution in [3.05, 3.63) is 0 Å². The zero-order valence-corrected chi connectivity index (χ0v) is 13.1. The Morgan fingerprint density at radius 2 is 2.12 bits per heavy atom. The van der Waals surface area contributed by atoms with Gasteiger partial charge in [0.05, 0.1) is 18.8 Å². The molecule has 2 unspecified atom stereocenters. The second-order valence-electron chi connectivity index (χ2n) is 5.84. The average molecular weight is 307 g/mol. The number of alkyl halides is 1. The lowest BCUT2D eigenvalue weighted by Crippen LogP contribution is -2.40. The fourth-order valence-electron chi connectivity index (χ4n) is 2.54. The Balaban J connectivity index is 2.22. The highest BCUT2D eigenvalue weighted by Gasteiger charge is 2.34. The van der Waals surface area contributed by atoms with Gasteiger partial charge in [0.15, 0.2) is 0 Å². The molecule has 17 heavy (non-hydrogen) atoms. The summed E-state index contributed by atoms with van der Waals surface area (Å²) in [7, 11) is 0. The molecule has 0 aromatic carbocycles. The van der Waals surface area contributed by atoms with Crippen LogP contribution in [0.2, 0.25) is 0 Å². The summed E-state index contributed by atoms with van der Waals surface area (Å²) in [5.74, 6) is 1.40. The Morgan fingerprint density at radius 3 is 2.71 bits per heavy atom. The van der Waals surface area contributed by atoms with Crippen molar-refractivity contribution >= 4 is 15.9 Å². The first-order valence-electron chi connectivity index (χ1n) is 6.85. The van der Waals surface area contributed by atoms with E-state index in [1.807, 2.05) is 0 Å². The molecule has 0 aromatic heterocycles. The van der Waals surface area contributed by atoms with E-state index in [0.717, 1.165) is 31.1 Å².